The molecule has 1 aromatic carbocycles. The van der Waals surface area contributed by atoms with E-state index < -0.39 is 45.0 Å². The van der Waals surface area contributed by atoms with Crippen molar-refractivity contribution in [2.45, 2.75) is 19.4 Å². The van der Waals surface area contributed by atoms with Crippen molar-refractivity contribution in [2.75, 3.05) is 24.7 Å². The Balaban J connectivity index is 2.06. The predicted molar refractivity (Wildman–Crippen MR) is 92.8 cm³/mol. The lowest BCUT2D eigenvalue weighted by Crippen LogP contribution is -2.43. The first-order chi connectivity index (χ1) is 12.1. The van der Waals surface area contributed by atoms with Crippen molar-refractivity contribution in [1.82, 2.24) is 4.90 Å². The number of sulfone groups is 1. The lowest BCUT2D eigenvalue weighted by molar-refractivity contribution is -0.385. The third kappa shape index (κ3) is 4.70. The molecular weight excluding hydrogens is 388 g/mol. The van der Waals surface area contributed by atoms with Gasteiger partial charge in [0, 0.05) is 23.7 Å². The number of carbonyl (C=O) groups excluding carboxylic acids is 2. The van der Waals surface area contributed by atoms with Crippen molar-refractivity contribution in [3.63, 3.8) is 0 Å². The van der Waals surface area contributed by atoms with Crippen LogP contribution in [0.3, 0.4) is 0 Å². The molecular formula is C15H17ClN2O7S. The monoisotopic (exact) mass is 404 g/mol. The number of halogens is 1. The van der Waals surface area contributed by atoms with Crippen LogP contribution in [0.2, 0.25) is 5.02 Å². The average Bonchev–Trinajstić information content (AvgIpc) is 2.92. The molecule has 1 aliphatic rings. The maximum atomic E-state index is 12.3. The van der Waals surface area contributed by atoms with Gasteiger partial charge in [0.15, 0.2) is 16.4 Å². The maximum Gasteiger partial charge on any atom is 0.345 e. The molecule has 1 atom stereocenters. The first-order valence-electron chi connectivity index (χ1n) is 7.75. The minimum Gasteiger partial charge on any atom is -0.452 e. The zero-order valence-corrected chi connectivity index (χ0v) is 15.5. The van der Waals surface area contributed by atoms with Crippen LogP contribution in [0, 0.1) is 10.1 Å². The van der Waals surface area contributed by atoms with Crippen molar-refractivity contribution in [3.8, 4) is 0 Å². The highest BCUT2D eigenvalue weighted by molar-refractivity contribution is 7.91. The highest BCUT2D eigenvalue weighted by Gasteiger charge is 2.34. The third-order valence-corrected chi connectivity index (χ3v) is 6.00. The summed E-state index contributed by atoms with van der Waals surface area (Å²) in [6.45, 7) is 1.30. The highest BCUT2D eigenvalue weighted by atomic mass is 35.5. The number of amides is 1. The topological polar surface area (TPSA) is 124 Å². The van der Waals surface area contributed by atoms with E-state index in [1.165, 1.54) is 11.0 Å². The molecule has 0 aliphatic carbocycles. The van der Waals surface area contributed by atoms with E-state index >= 15 is 0 Å². The molecule has 0 radical (unpaired) electrons. The number of likely N-dealkylation sites (N-methyl/N-ethyl adjacent to an activating group) is 1. The number of carbonyl (C=O) groups is 2. The Hall–Kier alpha value is -2.20. The van der Waals surface area contributed by atoms with Gasteiger partial charge in [-0.15, -0.1) is 0 Å². The van der Waals surface area contributed by atoms with Gasteiger partial charge in [0.1, 0.15) is 5.56 Å². The summed E-state index contributed by atoms with van der Waals surface area (Å²) in [5.74, 6) is -1.73. The van der Waals surface area contributed by atoms with Crippen LogP contribution in [0.1, 0.15) is 23.7 Å². The number of nitro benzene ring substituents is 1. The van der Waals surface area contributed by atoms with Crippen LogP contribution in [0.25, 0.3) is 0 Å². The summed E-state index contributed by atoms with van der Waals surface area (Å²) in [5.41, 5.74) is -0.845. The van der Waals surface area contributed by atoms with Crippen LogP contribution in [0.5, 0.6) is 0 Å². The molecule has 0 bridgehead atoms. The van der Waals surface area contributed by atoms with E-state index in [4.69, 9.17) is 16.3 Å². The van der Waals surface area contributed by atoms with Crippen molar-refractivity contribution < 1.29 is 27.7 Å². The summed E-state index contributed by atoms with van der Waals surface area (Å²) in [4.78, 5) is 36.0. The highest BCUT2D eigenvalue weighted by Crippen LogP contribution is 2.24. The number of hydrogen-bond acceptors (Lipinski definition) is 7. The zero-order chi connectivity index (χ0) is 19.5. The van der Waals surface area contributed by atoms with Gasteiger partial charge in [-0.3, -0.25) is 14.9 Å². The Bertz CT molecular complexity index is 840. The van der Waals surface area contributed by atoms with Crippen LogP contribution in [-0.2, 0) is 19.4 Å². The van der Waals surface area contributed by atoms with Gasteiger partial charge in [-0.05, 0) is 25.5 Å². The summed E-state index contributed by atoms with van der Waals surface area (Å²) < 4.78 is 28.0. The smallest absolute Gasteiger partial charge is 0.345 e. The fraction of sp³-hybridized carbons (Fsp3) is 0.467. The van der Waals surface area contributed by atoms with Gasteiger partial charge in [0.2, 0.25) is 0 Å². The maximum absolute atomic E-state index is 12.3. The Morgan fingerprint density at radius 2 is 2.12 bits per heavy atom. The molecule has 1 aromatic rings. The molecule has 1 aliphatic heterocycles. The van der Waals surface area contributed by atoms with E-state index in [-0.39, 0.29) is 28.6 Å². The predicted octanol–water partition coefficient (Wildman–Crippen LogP) is 1.44. The Labute approximate surface area is 154 Å². The number of rotatable bonds is 6. The van der Waals surface area contributed by atoms with Gasteiger partial charge < -0.3 is 9.64 Å². The Morgan fingerprint density at radius 1 is 1.42 bits per heavy atom. The van der Waals surface area contributed by atoms with Gasteiger partial charge in [-0.25, -0.2) is 13.2 Å². The van der Waals surface area contributed by atoms with Crippen molar-refractivity contribution >= 4 is 39.0 Å². The van der Waals surface area contributed by atoms with Crippen LogP contribution < -0.4 is 0 Å². The second-order valence-corrected chi connectivity index (χ2v) is 8.40. The number of benzene rings is 1. The van der Waals surface area contributed by atoms with E-state index in [0.29, 0.717) is 6.42 Å². The Kier molecular flexibility index (Phi) is 6.19. The SMILES string of the molecule is CCN(C(=O)COC(=O)c1cc(Cl)ccc1[N+](=O)[O-])[C@@H]1CCS(=O)(=O)C1. The van der Waals surface area contributed by atoms with E-state index in [2.05, 4.69) is 0 Å². The van der Waals surface area contributed by atoms with E-state index in [1.54, 1.807) is 6.92 Å². The number of esters is 1. The molecule has 0 unspecified atom stereocenters. The molecule has 1 fully saturated rings. The van der Waals surface area contributed by atoms with Gasteiger partial charge >= 0.3 is 5.97 Å². The lowest BCUT2D eigenvalue weighted by atomic mass is 10.2. The van der Waals surface area contributed by atoms with E-state index in [0.717, 1.165) is 12.1 Å². The van der Waals surface area contributed by atoms with Crippen molar-refractivity contribution in [3.05, 3.63) is 38.9 Å². The van der Waals surface area contributed by atoms with E-state index in [1.807, 2.05) is 0 Å². The second-order valence-electron chi connectivity index (χ2n) is 5.73. The molecule has 142 valence electrons. The van der Waals surface area contributed by atoms with Crippen molar-refractivity contribution in [1.29, 1.82) is 0 Å². The van der Waals surface area contributed by atoms with Crippen LogP contribution >= 0.6 is 11.6 Å². The molecule has 26 heavy (non-hydrogen) atoms. The summed E-state index contributed by atoms with van der Waals surface area (Å²) in [6.07, 6.45) is 0.329. The number of nitrogens with zero attached hydrogens (tertiary/aromatic N) is 2. The summed E-state index contributed by atoms with van der Waals surface area (Å²) in [7, 11) is -3.17. The molecule has 0 N–H and O–H groups in total. The molecule has 1 saturated heterocycles. The standard InChI is InChI=1S/C15H17ClN2O7S/c1-2-17(11-5-6-26(23,24)9-11)14(19)8-25-15(20)12-7-10(16)3-4-13(12)18(21)22/h3-4,7,11H,2,5-6,8-9H2,1H3/t11-/m1/s1. The third-order valence-electron chi connectivity index (χ3n) is 4.01. The fourth-order valence-corrected chi connectivity index (χ4v) is 4.68. The molecule has 1 amide bonds. The largest absolute Gasteiger partial charge is 0.452 e. The lowest BCUT2D eigenvalue weighted by Gasteiger charge is -2.26. The average molecular weight is 405 g/mol. The van der Waals surface area contributed by atoms with E-state index in [9.17, 15) is 28.1 Å². The normalized spacial score (nSPS) is 18.3. The van der Waals surface area contributed by atoms with Gasteiger partial charge in [0.05, 0.1) is 16.4 Å². The minimum absolute atomic E-state index is 0.00986. The van der Waals surface area contributed by atoms with Crippen LogP contribution in [0.4, 0.5) is 5.69 Å². The van der Waals surface area contributed by atoms with Crippen LogP contribution in [0.15, 0.2) is 18.2 Å². The zero-order valence-electron chi connectivity index (χ0n) is 13.9. The Morgan fingerprint density at radius 3 is 2.65 bits per heavy atom. The first-order valence-corrected chi connectivity index (χ1v) is 9.95. The number of hydrogen-bond donors (Lipinski definition) is 0. The molecule has 1 heterocycles. The fourth-order valence-electron chi connectivity index (χ4n) is 2.78. The first kappa shape index (κ1) is 20.1. The molecule has 9 nitrogen and oxygen atoms in total. The van der Waals surface area contributed by atoms with Crippen molar-refractivity contribution in [2.24, 2.45) is 0 Å². The molecule has 2 rings (SSSR count). The van der Waals surface area contributed by atoms with Crippen LogP contribution in [-0.4, -0.2) is 60.8 Å². The van der Waals surface area contributed by atoms with Gasteiger partial charge in [-0.1, -0.05) is 11.6 Å². The number of ether oxygens (including phenoxy) is 1. The molecule has 11 heteroatoms. The quantitative estimate of drug-likeness (QED) is 0.399. The minimum atomic E-state index is -3.17. The summed E-state index contributed by atoms with van der Waals surface area (Å²) >= 11 is 5.75. The molecule has 0 aromatic heterocycles. The summed E-state index contributed by atoms with van der Waals surface area (Å²) in [6, 6.07) is 2.97. The van der Waals surface area contributed by atoms with Gasteiger partial charge in [-0.2, -0.15) is 0 Å². The molecule has 0 spiro atoms. The second kappa shape index (κ2) is 8.00. The van der Waals surface area contributed by atoms with Gasteiger partial charge in [0.25, 0.3) is 11.6 Å². The summed E-state index contributed by atoms with van der Waals surface area (Å²) in [5, 5.41) is 11.1. The number of nitro groups is 1. The molecule has 0 saturated carbocycles.